The number of hydrogen-bond acceptors (Lipinski definition) is 2. The van der Waals surface area contributed by atoms with Crippen molar-refractivity contribution in [1.29, 1.82) is 0 Å². The zero-order chi connectivity index (χ0) is 9.97. The molecule has 1 nitrogen and oxygen atoms in total. The van der Waals surface area contributed by atoms with Gasteiger partial charge < -0.3 is 0 Å². The first-order valence-electron chi connectivity index (χ1n) is 4.89. The van der Waals surface area contributed by atoms with Gasteiger partial charge in [0.25, 0.3) is 0 Å². The van der Waals surface area contributed by atoms with Crippen LogP contribution in [0.3, 0.4) is 0 Å². The van der Waals surface area contributed by atoms with E-state index in [4.69, 9.17) is 0 Å². The molecule has 1 fully saturated rings. The Balaban J connectivity index is 2.14. The molecule has 0 aliphatic carbocycles. The molecule has 14 heavy (non-hydrogen) atoms. The number of nitrogens with one attached hydrogen (secondary N) is 1. The molecule has 1 aliphatic heterocycles. The standard InChI is InChI=1S/C11H14BrNS/c1-8-5-6-14-11(13-8)9-3-2-4-10(12)7-9/h2-4,7-8,11,13H,5-6H2,1H3. The molecule has 76 valence electrons. The van der Waals surface area contributed by atoms with Crippen LogP contribution in [0.15, 0.2) is 28.7 Å². The Morgan fingerprint density at radius 2 is 2.36 bits per heavy atom. The third-order valence-corrected chi connectivity index (χ3v) is 4.13. The SMILES string of the molecule is CC1CCSC(c2cccc(Br)c2)N1. The maximum Gasteiger partial charge on any atom is 0.0791 e. The summed E-state index contributed by atoms with van der Waals surface area (Å²) < 4.78 is 1.16. The van der Waals surface area contributed by atoms with Crippen molar-refractivity contribution in [3.63, 3.8) is 0 Å². The molecule has 1 aromatic carbocycles. The van der Waals surface area contributed by atoms with Crippen molar-refractivity contribution in [3.8, 4) is 0 Å². The molecule has 2 unspecified atom stereocenters. The molecule has 1 saturated heterocycles. The zero-order valence-electron chi connectivity index (χ0n) is 8.16. The smallest absolute Gasteiger partial charge is 0.0791 e. The summed E-state index contributed by atoms with van der Waals surface area (Å²) in [5.41, 5.74) is 1.37. The van der Waals surface area contributed by atoms with E-state index in [0.29, 0.717) is 11.4 Å². The molecule has 1 aliphatic rings. The Morgan fingerprint density at radius 3 is 3.07 bits per heavy atom. The predicted molar refractivity (Wildman–Crippen MR) is 66.6 cm³/mol. The van der Waals surface area contributed by atoms with E-state index in [2.05, 4.69) is 52.4 Å². The van der Waals surface area contributed by atoms with E-state index in [1.54, 1.807) is 0 Å². The van der Waals surface area contributed by atoms with Gasteiger partial charge in [-0.2, -0.15) is 0 Å². The minimum Gasteiger partial charge on any atom is -0.299 e. The van der Waals surface area contributed by atoms with Gasteiger partial charge in [0.2, 0.25) is 0 Å². The van der Waals surface area contributed by atoms with Gasteiger partial charge in [0.05, 0.1) is 5.37 Å². The summed E-state index contributed by atoms with van der Waals surface area (Å²) in [6.45, 7) is 2.25. The van der Waals surface area contributed by atoms with Crippen LogP contribution in [0, 0.1) is 0 Å². The molecular weight excluding hydrogens is 258 g/mol. The van der Waals surface area contributed by atoms with E-state index >= 15 is 0 Å². The van der Waals surface area contributed by atoms with E-state index in [-0.39, 0.29) is 0 Å². The Labute approximate surface area is 97.8 Å². The summed E-state index contributed by atoms with van der Waals surface area (Å²) in [6.07, 6.45) is 1.27. The highest BCUT2D eigenvalue weighted by atomic mass is 79.9. The van der Waals surface area contributed by atoms with Crippen LogP contribution in [0.5, 0.6) is 0 Å². The highest BCUT2D eigenvalue weighted by Gasteiger charge is 2.19. The quantitative estimate of drug-likeness (QED) is 0.839. The minimum absolute atomic E-state index is 0.469. The zero-order valence-corrected chi connectivity index (χ0v) is 10.6. The Bertz CT molecular complexity index is 316. The van der Waals surface area contributed by atoms with Crippen molar-refractivity contribution in [2.45, 2.75) is 24.8 Å². The van der Waals surface area contributed by atoms with Crippen molar-refractivity contribution in [2.75, 3.05) is 5.75 Å². The largest absolute Gasteiger partial charge is 0.299 e. The van der Waals surface area contributed by atoms with Gasteiger partial charge in [-0.3, -0.25) is 5.32 Å². The average molecular weight is 272 g/mol. The fourth-order valence-electron chi connectivity index (χ4n) is 1.61. The number of benzene rings is 1. The number of rotatable bonds is 1. The van der Waals surface area contributed by atoms with Crippen LogP contribution >= 0.6 is 27.7 Å². The maximum absolute atomic E-state index is 3.60. The molecule has 1 aromatic rings. The summed E-state index contributed by atoms with van der Waals surface area (Å²) in [7, 11) is 0. The average Bonchev–Trinajstić information content (AvgIpc) is 2.18. The minimum atomic E-state index is 0.469. The van der Waals surface area contributed by atoms with Gasteiger partial charge in [-0.15, -0.1) is 11.8 Å². The number of halogens is 1. The molecule has 1 heterocycles. The summed E-state index contributed by atoms with van der Waals surface area (Å²) >= 11 is 5.50. The normalized spacial score (nSPS) is 27.6. The van der Waals surface area contributed by atoms with Crippen molar-refractivity contribution < 1.29 is 0 Å². The Kier molecular flexibility index (Phi) is 3.52. The first kappa shape index (κ1) is 10.5. The summed E-state index contributed by atoms with van der Waals surface area (Å²) in [5.74, 6) is 1.26. The fraction of sp³-hybridized carbons (Fsp3) is 0.455. The first-order valence-corrected chi connectivity index (χ1v) is 6.73. The van der Waals surface area contributed by atoms with Gasteiger partial charge in [0.1, 0.15) is 0 Å². The van der Waals surface area contributed by atoms with Gasteiger partial charge in [-0.1, -0.05) is 28.1 Å². The monoisotopic (exact) mass is 271 g/mol. The van der Waals surface area contributed by atoms with Crippen LogP contribution in [0.1, 0.15) is 24.3 Å². The lowest BCUT2D eigenvalue weighted by atomic mass is 10.2. The third kappa shape index (κ3) is 2.53. The first-order chi connectivity index (χ1) is 6.75. The topological polar surface area (TPSA) is 12.0 Å². The van der Waals surface area contributed by atoms with E-state index in [1.165, 1.54) is 17.7 Å². The molecule has 0 spiro atoms. The van der Waals surface area contributed by atoms with Crippen LogP contribution in [0.4, 0.5) is 0 Å². The lowest BCUT2D eigenvalue weighted by molar-refractivity contribution is 0.512. The molecule has 0 saturated carbocycles. The van der Waals surface area contributed by atoms with Crippen LogP contribution in [0.25, 0.3) is 0 Å². The Hall–Kier alpha value is 0.01000. The highest BCUT2D eigenvalue weighted by Crippen LogP contribution is 2.32. The second kappa shape index (κ2) is 4.69. The molecule has 1 N–H and O–H groups in total. The molecule has 0 aromatic heterocycles. The van der Waals surface area contributed by atoms with Crippen molar-refractivity contribution in [1.82, 2.24) is 5.32 Å². The van der Waals surface area contributed by atoms with Crippen molar-refractivity contribution in [2.24, 2.45) is 0 Å². The molecule has 2 rings (SSSR count). The van der Waals surface area contributed by atoms with Gasteiger partial charge in [0, 0.05) is 10.5 Å². The number of thioether (sulfide) groups is 1. The second-order valence-corrected chi connectivity index (χ2v) is 5.79. The molecule has 2 atom stereocenters. The fourth-order valence-corrected chi connectivity index (χ4v) is 3.42. The highest BCUT2D eigenvalue weighted by molar-refractivity contribution is 9.10. The van der Waals surface area contributed by atoms with Crippen LogP contribution < -0.4 is 5.32 Å². The molecule has 3 heteroatoms. The van der Waals surface area contributed by atoms with Crippen molar-refractivity contribution >= 4 is 27.7 Å². The Morgan fingerprint density at radius 1 is 1.50 bits per heavy atom. The van der Waals surface area contributed by atoms with Crippen LogP contribution in [-0.4, -0.2) is 11.8 Å². The van der Waals surface area contributed by atoms with E-state index in [9.17, 15) is 0 Å². The van der Waals surface area contributed by atoms with Crippen LogP contribution in [0.2, 0.25) is 0 Å². The van der Waals surface area contributed by atoms with E-state index in [0.717, 1.165) is 4.47 Å². The van der Waals surface area contributed by atoms with Gasteiger partial charge in [-0.05, 0) is 36.8 Å². The van der Waals surface area contributed by atoms with E-state index < -0.39 is 0 Å². The van der Waals surface area contributed by atoms with Gasteiger partial charge >= 0.3 is 0 Å². The summed E-state index contributed by atoms with van der Waals surface area (Å²) in [4.78, 5) is 0. The molecular formula is C11H14BrNS. The number of hydrogen-bond donors (Lipinski definition) is 1. The molecule has 0 bridgehead atoms. The van der Waals surface area contributed by atoms with Gasteiger partial charge in [-0.25, -0.2) is 0 Å². The second-order valence-electron chi connectivity index (χ2n) is 3.66. The summed E-state index contributed by atoms with van der Waals surface area (Å²) in [5, 5.41) is 4.07. The molecule has 0 radical (unpaired) electrons. The van der Waals surface area contributed by atoms with Gasteiger partial charge in [0.15, 0.2) is 0 Å². The molecule has 0 amide bonds. The maximum atomic E-state index is 3.60. The lowest BCUT2D eigenvalue weighted by Crippen LogP contribution is -2.33. The van der Waals surface area contributed by atoms with Crippen molar-refractivity contribution in [3.05, 3.63) is 34.3 Å². The predicted octanol–water partition coefficient (Wildman–Crippen LogP) is 3.56. The van der Waals surface area contributed by atoms with E-state index in [1.807, 2.05) is 11.8 Å². The third-order valence-electron chi connectivity index (χ3n) is 2.42. The van der Waals surface area contributed by atoms with Crippen LogP contribution in [-0.2, 0) is 0 Å². The summed E-state index contributed by atoms with van der Waals surface area (Å²) in [6, 6.07) is 9.19. The lowest BCUT2D eigenvalue weighted by Gasteiger charge is -2.28.